The van der Waals surface area contributed by atoms with E-state index >= 15 is 0 Å². The van der Waals surface area contributed by atoms with Gasteiger partial charge in [-0.15, -0.1) is 0 Å². The Kier molecular flexibility index (Phi) is 10.2. The van der Waals surface area contributed by atoms with E-state index in [0.29, 0.717) is 0 Å². The summed E-state index contributed by atoms with van der Waals surface area (Å²) in [5.41, 5.74) is 2.05. The number of carbonyl (C=O) groups is 3. The largest absolute Gasteiger partial charge is 0.444 e. The molecule has 0 saturated carbocycles. The summed E-state index contributed by atoms with van der Waals surface area (Å²) in [6.45, 7) is 16.7. The second-order valence-electron chi connectivity index (χ2n) is 9.71. The maximum atomic E-state index is 13.5. The number of hydrogen-bond donors (Lipinski definition) is 2. The molecule has 0 aromatic heterocycles. The number of ether oxygens (including phenoxy) is 1. The number of nitrogens with one attached hydrogen (secondary N) is 2. The minimum atomic E-state index is -0.804. The molecule has 32 heavy (non-hydrogen) atoms. The lowest BCUT2D eigenvalue weighted by atomic mass is 9.95. The summed E-state index contributed by atoms with van der Waals surface area (Å²) < 4.78 is 5.24. The van der Waals surface area contributed by atoms with Crippen LogP contribution in [-0.4, -0.2) is 47.0 Å². The number of nitrogens with zero attached hydrogens (tertiary/aromatic N) is 1. The second kappa shape index (κ2) is 11.9. The molecule has 2 unspecified atom stereocenters. The molecule has 0 radical (unpaired) electrons. The van der Waals surface area contributed by atoms with Crippen LogP contribution in [-0.2, 0) is 14.3 Å². The van der Waals surface area contributed by atoms with Crippen molar-refractivity contribution in [1.82, 2.24) is 15.5 Å². The van der Waals surface area contributed by atoms with Crippen molar-refractivity contribution in [3.8, 4) is 0 Å². The first-order valence-electron chi connectivity index (χ1n) is 11.4. The lowest BCUT2D eigenvalue weighted by molar-refractivity contribution is -0.142. The van der Waals surface area contributed by atoms with Gasteiger partial charge in [-0.1, -0.05) is 37.1 Å². The molecule has 0 aliphatic rings. The van der Waals surface area contributed by atoms with E-state index in [0.717, 1.165) is 29.5 Å². The van der Waals surface area contributed by atoms with E-state index in [2.05, 4.69) is 17.6 Å². The number of hydrogen-bond acceptors (Lipinski definition) is 4. The molecule has 0 fully saturated rings. The number of carbonyl (C=O) groups excluding carboxylic acids is 3. The Balaban J connectivity index is 3.26. The van der Waals surface area contributed by atoms with Crippen molar-refractivity contribution >= 4 is 17.9 Å². The van der Waals surface area contributed by atoms with Gasteiger partial charge < -0.3 is 20.3 Å². The van der Waals surface area contributed by atoms with Gasteiger partial charge in [0, 0.05) is 12.1 Å². The Hall–Kier alpha value is -2.57. The predicted molar refractivity (Wildman–Crippen MR) is 127 cm³/mol. The first kappa shape index (κ1) is 27.5. The highest BCUT2D eigenvalue weighted by molar-refractivity contribution is 5.91. The van der Waals surface area contributed by atoms with Crippen molar-refractivity contribution in [3.63, 3.8) is 0 Å². The number of rotatable bonds is 9. The normalized spacial score (nSPS) is 13.3. The van der Waals surface area contributed by atoms with Crippen LogP contribution in [0.3, 0.4) is 0 Å². The monoisotopic (exact) mass is 447 g/mol. The van der Waals surface area contributed by atoms with Crippen molar-refractivity contribution in [2.75, 3.05) is 6.54 Å². The minimum absolute atomic E-state index is 0.0101. The summed E-state index contributed by atoms with van der Waals surface area (Å²) in [5.74, 6) is -0.575. The van der Waals surface area contributed by atoms with Gasteiger partial charge >= 0.3 is 6.09 Å². The Morgan fingerprint density at radius 1 is 1.09 bits per heavy atom. The molecule has 1 aromatic rings. The van der Waals surface area contributed by atoms with Crippen LogP contribution < -0.4 is 10.6 Å². The maximum absolute atomic E-state index is 13.5. The van der Waals surface area contributed by atoms with Crippen LogP contribution in [0.25, 0.3) is 0 Å². The van der Waals surface area contributed by atoms with E-state index in [9.17, 15) is 14.4 Å². The molecule has 0 saturated heterocycles. The Morgan fingerprint density at radius 2 is 1.72 bits per heavy atom. The Bertz CT molecular complexity index is 799. The van der Waals surface area contributed by atoms with E-state index in [-0.39, 0.29) is 30.4 Å². The fourth-order valence-electron chi connectivity index (χ4n) is 3.58. The number of benzene rings is 1. The van der Waals surface area contributed by atoms with Gasteiger partial charge in [-0.05, 0) is 72.9 Å². The molecule has 3 amide bonds. The van der Waals surface area contributed by atoms with Gasteiger partial charge in [-0.25, -0.2) is 4.79 Å². The zero-order valence-electron chi connectivity index (χ0n) is 21.2. The van der Waals surface area contributed by atoms with Gasteiger partial charge in [-0.2, -0.15) is 0 Å². The highest BCUT2D eigenvalue weighted by Gasteiger charge is 2.35. The predicted octanol–water partition coefficient (Wildman–Crippen LogP) is 4.41. The maximum Gasteiger partial charge on any atom is 0.408 e. The zero-order chi connectivity index (χ0) is 24.6. The smallest absolute Gasteiger partial charge is 0.408 e. The van der Waals surface area contributed by atoms with Crippen molar-refractivity contribution in [2.24, 2.45) is 0 Å². The van der Waals surface area contributed by atoms with Crippen molar-refractivity contribution in [2.45, 2.75) is 98.9 Å². The number of alkyl carbamates (subject to hydrolysis) is 1. The minimum Gasteiger partial charge on any atom is -0.444 e. The molecular weight excluding hydrogens is 406 g/mol. The molecule has 2 N–H and O–H groups in total. The van der Waals surface area contributed by atoms with Gasteiger partial charge in [0.25, 0.3) is 0 Å². The van der Waals surface area contributed by atoms with Crippen LogP contribution in [0.1, 0.15) is 84.0 Å². The summed E-state index contributed by atoms with van der Waals surface area (Å²) in [6.07, 6.45) is 1.13. The molecule has 7 nitrogen and oxygen atoms in total. The number of amides is 3. The summed E-state index contributed by atoms with van der Waals surface area (Å²) in [7, 11) is 0. The van der Waals surface area contributed by atoms with Gasteiger partial charge in [0.05, 0.1) is 0 Å². The molecule has 1 aromatic carbocycles. The van der Waals surface area contributed by atoms with E-state index in [1.165, 1.54) is 0 Å². The molecule has 1 rings (SSSR count). The van der Waals surface area contributed by atoms with Crippen LogP contribution in [0, 0.1) is 13.8 Å². The lowest BCUT2D eigenvalue weighted by Gasteiger charge is -2.36. The summed E-state index contributed by atoms with van der Waals surface area (Å²) in [4.78, 5) is 40.3. The zero-order valence-corrected chi connectivity index (χ0v) is 21.2. The van der Waals surface area contributed by atoms with Crippen molar-refractivity contribution in [3.05, 3.63) is 34.9 Å². The standard InChI is InChI=1S/C25H41N3O4/c1-10-11-19(6)27-23(30)22(20-14-17(4)12-13-18(20)5)28(16(2)3)21(29)15-26-24(31)32-25(7,8)9/h12-14,16,19,22H,10-11,15H2,1-9H3,(H,26,31)(H,27,30). The van der Waals surface area contributed by atoms with Crippen LogP contribution in [0.15, 0.2) is 18.2 Å². The topological polar surface area (TPSA) is 87.7 Å². The van der Waals surface area contributed by atoms with Crippen LogP contribution in [0.2, 0.25) is 0 Å². The van der Waals surface area contributed by atoms with E-state index in [1.807, 2.05) is 52.8 Å². The van der Waals surface area contributed by atoms with Crippen molar-refractivity contribution in [1.29, 1.82) is 0 Å². The highest BCUT2D eigenvalue weighted by Crippen LogP contribution is 2.28. The van der Waals surface area contributed by atoms with Gasteiger partial charge in [0.1, 0.15) is 18.2 Å². The van der Waals surface area contributed by atoms with Crippen LogP contribution >= 0.6 is 0 Å². The average molecular weight is 448 g/mol. The fraction of sp³-hybridized carbons (Fsp3) is 0.640. The molecular formula is C25H41N3O4. The SMILES string of the molecule is CCCC(C)NC(=O)C(c1cc(C)ccc1C)N(C(=O)CNC(=O)OC(C)(C)C)C(C)C. The van der Waals surface area contributed by atoms with Crippen LogP contribution in [0.4, 0.5) is 4.79 Å². The first-order valence-corrected chi connectivity index (χ1v) is 11.4. The molecule has 0 heterocycles. The van der Waals surface area contributed by atoms with E-state index < -0.39 is 17.7 Å². The third-order valence-corrected chi connectivity index (χ3v) is 4.99. The molecule has 7 heteroatoms. The van der Waals surface area contributed by atoms with Crippen LogP contribution in [0.5, 0.6) is 0 Å². The number of aryl methyl sites for hydroxylation is 2. The van der Waals surface area contributed by atoms with Gasteiger partial charge in [0.15, 0.2) is 0 Å². The van der Waals surface area contributed by atoms with E-state index in [1.54, 1.807) is 25.7 Å². The summed E-state index contributed by atoms with van der Waals surface area (Å²) in [6, 6.07) is 4.82. The fourth-order valence-corrected chi connectivity index (χ4v) is 3.58. The molecule has 0 aliphatic carbocycles. The third-order valence-electron chi connectivity index (χ3n) is 4.99. The van der Waals surface area contributed by atoms with Crippen molar-refractivity contribution < 1.29 is 19.1 Å². The Labute approximate surface area is 193 Å². The molecule has 0 spiro atoms. The molecule has 0 aliphatic heterocycles. The average Bonchev–Trinajstić information content (AvgIpc) is 2.64. The lowest BCUT2D eigenvalue weighted by Crippen LogP contribution is -2.51. The molecule has 180 valence electrons. The van der Waals surface area contributed by atoms with Gasteiger partial charge in [-0.3, -0.25) is 9.59 Å². The molecule has 0 bridgehead atoms. The first-order chi connectivity index (χ1) is 14.8. The third kappa shape index (κ3) is 8.52. The Morgan fingerprint density at radius 3 is 2.25 bits per heavy atom. The summed E-state index contributed by atoms with van der Waals surface area (Å²) in [5, 5.41) is 5.59. The quantitative estimate of drug-likeness (QED) is 0.587. The highest BCUT2D eigenvalue weighted by atomic mass is 16.6. The second-order valence-corrected chi connectivity index (χ2v) is 9.71. The van der Waals surface area contributed by atoms with E-state index in [4.69, 9.17) is 4.74 Å². The summed E-state index contributed by atoms with van der Waals surface area (Å²) >= 11 is 0. The van der Waals surface area contributed by atoms with Gasteiger partial charge in [0.2, 0.25) is 11.8 Å². The molecule has 2 atom stereocenters.